The molecule has 112 valence electrons. The molecular weight excluding hydrogens is 333 g/mol. The van der Waals surface area contributed by atoms with Gasteiger partial charge in [0.15, 0.2) is 0 Å². The van der Waals surface area contributed by atoms with Crippen molar-refractivity contribution in [1.82, 2.24) is 9.97 Å². The number of hydrogen-bond donors (Lipinski definition) is 1. The Labute approximate surface area is 133 Å². The van der Waals surface area contributed by atoms with Gasteiger partial charge in [0.25, 0.3) is 0 Å². The number of aryl methyl sites for hydroxylation is 1. The van der Waals surface area contributed by atoms with Gasteiger partial charge in [-0.15, -0.1) is 0 Å². The van der Waals surface area contributed by atoms with Crippen LogP contribution in [-0.4, -0.2) is 16.5 Å². The van der Waals surface area contributed by atoms with E-state index < -0.39 is 0 Å². The monoisotopic (exact) mass is 351 g/mol. The molecule has 1 aromatic heterocycles. The summed E-state index contributed by atoms with van der Waals surface area (Å²) >= 11 is 3.39. The molecular formula is C16H19BrFN3. The molecule has 1 heterocycles. The zero-order valence-electron chi connectivity index (χ0n) is 12.5. The van der Waals surface area contributed by atoms with Crippen molar-refractivity contribution in [2.24, 2.45) is 0 Å². The molecule has 0 aliphatic heterocycles. The van der Waals surface area contributed by atoms with E-state index >= 15 is 0 Å². The summed E-state index contributed by atoms with van der Waals surface area (Å²) < 4.78 is 15.0. The van der Waals surface area contributed by atoms with E-state index in [-0.39, 0.29) is 5.82 Å². The summed E-state index contributed by atoms with van der Waals surface area (Å²) in [4.78, 5) is 9.03. The minimum Gasteiger partial charge on any atom is -0.370 e. The quantitative estimate of drug-likeness (QED) is 0.845. The third-order valence-corrected chi connectivity index (χ3v) is 3.73. The van der Waals surface area contributed by atoms with Gasteiger partial charge in [-0.2, -0.15) is 0 Å². The van der Waals surface area contributed by atoms with Gasteiger partial charge in [-0.25, -0.2) is 14.4 Å². The highest BCUT2D eigenvalue weighted by molar-refractivity contribution is 9.10. The Hall–Kier alpha value is -1.49. The highest BCUT2D eigenvalue weighted by Crippen LogP contribution is 2.30. The Kier molecular flexibility index (Phi) is 5.28. The Bertz CT molecular complexity index is 644. The number of halogens is 2. The summed E-state index contributed by atoms with van der Waals surface area (Å²) in [6, 6.07) is 4.89. The third kappa shape index (κ3) is 3.59. The SMILES string of the molecule is CCCNc1nc(CC)nc(-c2cc(Br)ccc2F)c1C. The Balaban J connectivity index is 2.58. The number of nitrogens with zero attached hydrogens (tertiary/aromatic N) is 2. The summed E-state index contributed by atoms with van der Waals surface area (Å²) in [6.07, 6.45) is 1.72. The van der Waals surface area contributed by atoms with Gasteiger partial charge in [0.1, 0.15) is 17.5 Å². The van der Waals surface area contributed by atoms with Crippen molar-refractivity contribution in [3.63, 3.8) is 0 Å². The maximum Gasteiger partial charge on any atom is 0.133 e. The normalized spacial score (nSPS) is 10.7. The molecule has 0 fully saturated rings. The Morgan fingerprint density at radius 3 is 2.67 bits per heavy atom. The van der Waals surface area contributed by atoms with E-state index in [0.717, 1.165) is 28.8 Å². The first-order valence-electron chi connectivity index (χ1n) is 7.13. The van der Waals surface area contributed by atoms with Crippen molar-refractivity contribution in [2.75, 3.05) is 11.9 Å². The second-order valence-corrected chi connectivity index (χ2v) is 5.78. The van der Waals surface area contributed by atoms with Crippen molar-refractivity contribution < 1.29 is 4.39 Å². The summed E-state index contributed by atoms with van der Waals surface area (Å²) in [7, 11) is 0. The molecule has 2 aromatic rings. The molecule has 0 atom stereocenters. The lowest BCUT2D eigenvalue weighted by atomic mass is 10.1. The average molecular weight is 352 g/mol. The summed E-state index contributed by atoms with van der Waals surface area (Å²) in [5.41, 5.74) is 2.02. The van der Waals surface area contributed by atoms with Crippen LogP contribution in [0.3, 0.4) is 0 Å². The second-order valence-electron chi connectivity index (χ2n) is 4.87. The van der Waals surface area contributed by atoms with Crippen LogP contribution in [0, 0.1) is 12.7 Å². The van der Waals surface area contributed by atoms with Gasteiger partial charge in [-0.3, -0.25) is 0 Å². The van der Waals surface area contributed by atoms with Crippen LogP contribution in [0.5, 0.6) is 0 Å². The zero-order chi connectivity index (χ0) is 15.4. The van der Waals surface area contributed by atoms with E-state index in [4.69, 9.17) is 0 Å². The lowest BCUT2D eigenvalue weighted by Crippen LogP contribution is -2.09. The van der Waals surface area contributed by atoms with E-state index in [1.54, 1.807) is 12.1 Å². The Morgan fingerprint density at radius 2 is 2.00 bits per heavy atom. The molecule has 0 bridgehead atoms. The number of aromatic nitrogens is 2. The summed E-state index contributed by atoms with van der Waals surface area (Å²) in [6.45, 7) is 6.85. The van der Waals surface area contributed by atoms with Crippen LogP contribution in [0.25, 0.3) is 11.3 Å². The van der Waals surface area contributed by atoms with Gasteiger partial charge >= 0.3 is 0 Å². The van der Waals surface area contributed by atoms with Crippen molar-refractivity contribution in [3.05, 3.63) is 39.9 Å². The third-order valence-electron chi connectivity index (χ3n) is 3.23. The molecule has 0 saturated heterocycles. The van der Waals surface area contributed by atoms with E-state index in [0.29, 0.717) is 23.5 Å². The van der Waals surface area contributed by atoms with Crippen LogP contribution in [-0.2, 0) is 6.42 Å². The topological polar surface area (TPSA) is 37.8 Å². The fourth-order valence-corrected chi connectivity index (χ4v) is 2.44. The molecule has 0 aliphatic carbocycles. The van der Waals surface area contributed by atoms with E-state index in [9.17, 15) is 4.39 Å². The maximum absolute atomic E-state index is 14.2. The number of hydrogen-bond acceptors (Lipinski definition) is 3. The predicted octanol–water partition coefficient (Wildman–Crippen LogP) is 4.74. The number of benzene rings is 1. The first-order valence-corrected chi connectivity index (χ1v) is 7.92. The Morgan fingerprint density at radius 1 is 1.24 bits per heavy atom. The smallest absolute Gasteiger partial charge is 0.133 e. The minimum absolute atomic E-state index is 0.275. The van der Waals surface area contributed by atoms with Gasteiger partial charge < -0.3 is 5.32 Å². The van der Waals surface area contributed by atoms with Gasteiger partial charge in [0.05, 0.1) is 5.69 Å². The molecule has 1 N–H and O–H groups in total. The van der Waals surface area contributed by atoms with Crippen LogP contribution < -0.4 is 5.32 Å². The minimum atomic E-state index is -0.275. The van der Waals surface area contributed by atoms with E-state index in [1.165, 1.54) is 6.07 Å². The van der Waals surface area contributed by atoms with Crippen LogP contribution >= 0.6 is 15.9 Å². The highest BCUT2D eigenvalue weighted by atomic mass is 79.9. The standard InChI is InChI=1S/C16H19BrFN3/c1-4-8-19-16-10(3)15(20-14(5-2)21-16)12-9-11(17)6-7-13(12)18/h6-7,9H,4-5,8H2,1-3H3,(H,19,20,21). The first kappa shape index (κ1) is 15.9. The van der Waals surface area contributed by atoms with Crippen molar-refractivity contribution in [3.8, 4) is 11.3 Å². The molecule has 0 unspecified atom stereocenters. The first-order chi connectivity index (χ1) is 10.1. The van der Waals surface area contributed by atoms with Gasteiger partial charge in [-0.1, -0.05) is 29.8 Å². The molecule has 2 rings (SSSR count). The number of nitrogens with one attached hydrogen (secondary N) is 1. The zero-order valence-corrected chi connectivity index (χ0v) is 14.1. The van der Waals surface area contributed by atoms with Crippen molar-refractivity contribution in [2.45, 2.75) is 33.6 Å². The average Bonchev–Trinajstić information content (AvgIpc) is 2.49. The summed E-state index contributed by atoms with van der Waals surface area (Å²) in [5.74, 6) is 1.23. The molecule has 3 nitrogen and oxygen atoms in total. The fraction of sp³-hybridized carbons (Fsp3) is 0.375. The lowest BCUT2D eigenvalue weighted by Gasteiger charge is -2.14. The largest absolute Gasteiger partial charge is 0.370 e. The van der Waals surface area contributed by atoms with Crippen LogP contribution in [0.15, 0.2) is 22.7 Å². The second kappa shape index (κ2) is 6.98. The predicted molar refractivity (Wildman–Crippen MR) is 88.0 cm³/mol. The van der Waals surface area contributed by atoms with E-state index in [2.05, 4.69) is 38.1 Å². The molecule has 0 saturated carbocycles. The van der Waals surface area contributed by atoms with Gasteiger partial charge in [0.2, 0.25) is 0 Å². The molecule has 5 heteroatoms. The number of anilines is 1. The van der Waals surface area contributed by atoms with Crippen LogP contribution in [0.2, 0.25) is 0 Å². The molecule has 0 radical (unpaired) electrons. The highest BCUT2D eigenvalue weighted by Gasteiger charge is 2.15. The molecule has 1 aromatic carbocycles. The number of rotatable bonds is 5. The summed E-state index contributed by atoms with van der Waals surface area (Å²) in [5, 5.41) is 3.30. The van der Waals surface area contributed by atoms with Crippen molar-refractivity contribution >= 4 is 21.7 Å². The lowest BCUT2D eigenvalue weighted by molar-refractivity contribution is 0.630. The molecule has 0 spiro atoms. The van der Waals surface area contributed by atoms with Crippen LogP contribution in [0.1, 0.15) is 31.7 Å². The van der Waals surface area contributed by atoms with Gasteiger partial charge in [-0.05, 0) is 31.5 Å². The van der Waals surface area contributed by atoms with Crippen LogP contribution in [0.4, 0.5) is 10.2 Å². The molecule has 21 heavy (non-hydrogen) atoms. The fourth-order valence-electron chi connectivity index (χ4n) is 2.08. The molecule has 0 amide bonds. The van der Waals surface area contributed by atoms with Crippen molar-refractivity contribution in [1.29, 1.82) is 0 Å². The maximum atomic E-state index is 14.2. The molecule has 0 aliphatic rings. The van der Waals surface area contributed by atoms with E-state index in [1.807, 2.05) is 13.8 Å². The van der Waals surface area contributed by atoms with Gasteiger partial charge in [0, 0.05) is 28.6 Å².